The molecular weight excluding hydrogens is 442 g/mol. The summed E-state index contributed by atoms with van der Waals surface area (Å²) in [4.78, 5) is 24.9. The fourth-order valence-corrected chi connectivity index (χ4v) is 3.79. The van der Waals surface area contributed by atoms with Crippen LogP contribution in [0.1, 0.15) is 15.9 Å². The summed E-state index contributed by atoms with van der Waals surface area (Å²) in [5.41, 5.74) is 1.39. The van der Waals surface area contributed by atoms with Crippen LogP contribution in [0, 0.1) is 0 Å². The van der Waals surface area contributed by atoms with Gasteiger partial charge in [-0.25, -0.2) is 23.0 Å². The number of hydrogen-bond acceptors (Lipinski definition) is 5. The van der Waals surface area contributed by atoms with Crippen LogP contribution in [0.4, 0.5) is 5.69 Å². The number of nitrogens with zero attached hydrogens (tertiary/aromatic N) is 3. The second-order valence-corrected chi connectivity index (χ2v) is 8.68. The van der Waals surface area contributed by atoms with E-state index in [1.807, 2.05) is 0 Å². The maximum Gasteiger partial charge on any atom is 0.350 e. The Balaban J connectivity index is 1.58. The number of rotatable bonds is 5. The number of sulfonamides is 1. The number of fused-ring (bicyclic) bond motifs is 1. The van der Waals surface area contributed by atoms with Crippen molar-refractivity contribution in [3.05, 3.63) is 93.5 Å². The van der Waals surface area contributed by atoms with Gasteiger partial charge in [-0.3, -0.25) is 9.20 Å². The zero-order valence-electron chi connectivity index (χ0n) is 15.9. The van der Waals surface area contributed by atoms with Crippen molar-refractivity contribution in [3.8, 4) is 0 Å². The first kappa shape index (κ1) is 20.8. The number of anilines is 1. The van der Waals surface area contributed by atoms with Crippen LogP contribution in [0.25, 0.3) is 5.65 Å². The molecule has 0 saturated heterocycles. The topological polar surface area (TPSA) is 129 Å². The highest BCUT2D eigenvalue weighted by molar-refractivity contribution is 7.89. The molecule has 9 nitrogen and oxygen atoms in total. The first-order chi connectivity index (χ1) is 14.7. The molecule has 0 unspecified atom stereocenters. The average molecular weight is 458 g/mol. The van der Waals surface area contributed by atoms with E-state index in [-0.39, 0.29) is 27.7 Å². The van der Waals surface area contributed by atoms with E-state index in [0.717, 1.165) is 11.6 Å². The highest BCUT2D eigenvalue weighted by Crippen LogP contribution is 2.22. The maximum atomic E-state index is 12.7. The van der Waals surface area contributed by atoms with E-state index in [9.17, 15) is 18.0 Å². The third kappa shape index (κ3) is 4.36. The Morgan fingerprint density at radius 2 is 1.90 bits per heavy atom. The van der Waals surface area contributed by atoms with E-state index in [1.165, 1.54) is 21.2 Å². The van der Waals surface area contributed by atoms with E-state index in [1.54, 1.807) is 48.7 Å². The van der Waals surface area contributed by atoms with Gasteiger partial charge in [0.05, 0.1) is 22.0 Å². The minimum atomic E-state index is -3.98. The zero-order chi connectivity index (χ0) is 22.2. The average Bonchev–Trinajstić information content (AvgIpc) is 3.03. The van der Waals surface area contributed by atoms with E-state index in [0.29, 0.717) is 11.3 Å². The van der Waals surface area contributed by atoms with Crippen molar-refractivity contribution in [2.45, 2.75) is 11.4 Å². The molecule has 0 bridgehead atoms. The molecule has 0 aliphatic rings. The summed E-state index contributed by atoms with van der Waals surface area (Å²) in [6.45, 7) is 0.200. The van der Waals surface area contributed by atoms with Gasteiger partial charge in [0.25, 0.3) is 5.91 Å². The Kier molecular flexibility index (Phi) is 5.36. The summed E-state index contributed by atoms with van der Waals surface area (Å²) in [7, 11) is -3.98. The van der Waals surface area contributed by atoms with Crippen molar-refractivity contribution in [3.63, 3.8) is 0 Å². The summed E-state index contributed by atoms with van der Waals surface area (Å²) in [6, 6.07) is 15.8. The van der Waals surface area contributed by atoms with Gasteiger partial charge in [0.15, 0.2) is 5.65 Å². The van der Waals surface area contributed by atoms with Crippen LogP contribution < -0.4 is 16.1 Å². The molecule has 2 aromatic heterocycles. The molecule has 0 atom stereocenters. The molecule has 2 aromatic carbocycles. The van der Waals surface area contributed by atoms with Gasteiger partial charge in [0, 0.05) is 11.9 Å². The van der Waals surface area contributed by atoms with E-state index >= 15 is 0 Å². The van der Waals surface area contributed by atoms with Gasteiger partial charge >= 0.3 is 5.69 Å². The number of nitrogens with one attached hydrogen (secondary N) is 1. The number of carbonyl (C=O) groups is 1. The molecule has 4 aromatic rings. The van der Waals surface area contributed by atoms with Crippen LogP contribution in [0.3, 0.4) is 0 Å². The minimum absolute atomic E-state index is 0.0323. The Hall–Kier alpha value is -3.47. The SMILES string of the molecule is NS(=O)(=O)c1ccc(Cl)c(C(=O)Nc2cccc(Cn3nc4ccccn4c3=O)c2)c1. The molecular formula is C20H16ClN5O4S. The number of nitrogens with two attached hydrogens (primary N) is 1. The van der Waals surface area contributed by atoms with Crippen LogP contribution >= 0.6 is 11.6 Å². The van der Waals surface area contributed by atoms with Gasteiger partial charge < -0.3 is 5.32 Å². The molecule has 1 amide bonds. The number of benzene rings is 2. The fraction of sp³-hybridized carbons (Fsp3) is 0.0500. The standard InChI is InChI=1S/C20H16ClN5O4S/c21-17-8-7-15(31(22,29)30)11-16(17)19(27)23-14-5-3-4-13(10-14)12-26-20(28)25-9-2-1-6-18(25)24-26/h1-11H,12H2,(H,23,27)(H2,22,29,30). The highest BCUT2D eigenvalue weighted by atomic mass is 35.5. The molecule has 0 fully saturated rings. The summed E-state index contributed by atoms with van der Waals surface area (Å²) in [5, 5.41) is 12.2. The lowest BCUT2D eigenvalue weighted by Gasteiger charge is -2.09. The highest BCUT2D eigenvalue weighted by Gasteiger charge is 2.16. The number of halogens is 1. The lowest BCUT2D eigenvalue weighted by atomic mass is 10.1. The van der Waals surface area contributed by atoms with Crippen molar-refractivity contribution in [2.75, 3.05) is 5.32 Å². The summed E-state index contributed by atoms with van der Waals surface area (Å²) >= 11 is 6.06. The van der Waals surface area contributed by atoms with Gasteiger partial charge in [-0.05, 0) is 48.0 Å². The predicted molar refractivity (Wildman–Crippen MR) is 116 cm³/mol. The number of amides is 1. The molecule has 11 heteroatoms. The first-order valence-electron chi connectivity index (χ1n) is 8.99. The van der Waals surface area contributed by atoms with Crippen molar-refractivity contribution < 1.29 is 13.2 Å². The Bertz CT molecular complexity index is 1480. The third-order valence-electron chi connectivity index (χ3n) is 4.52. The maximum absolute atomic E-state index is 12.7. The van der Waals surface area contributed by atoms with Crippen LogP contribution in [-0.2, 0) is 16.6 Å². The number of aromatic nitrogens is 3. The Morgan fingerprint density at radius 3 is 2.65 bits per heavy atom. The normalized spacial score (nSPS) is 11.5. The molecule has 158 valence electrons. The molecule has 0 aliphatic heterocycles. The fourth-order valence-electron chi connectivity index (χ4n) is 3.05. The van der Waals surface area contributed by atoms with E-state index < -0.39 is 15.9 Å². The number of primary sulfonamides is 1. The Morgan fingerprint density at radius 1 is 1.10 bits per heavy atom. The zero-order valence-corrected chi connectivity index (χ0v) is 17.5. The summed E-state index contributed by atoms with van der Waals surface area (Å²) in [6.07, 6.45) is 1.64. The van der Waals surface area contributed by atoms with Crippen molar-refractivity contribution >= 4 is 38.9 Å². The molecule has 2 heterocycles. The first-order valence-corrected chi connectivity index (χ1v) is 10.9. The minimum Gasteiger partial charge on any atom is -0.322 e. The van der Waals surface area contributed by atoms with Gasteiger partial charge in [-0.2, -0.15) is 0 Å². The largest absolute Gasteiger partial charge is 0.350 e. The third-order valence-corrected chi connectivity index (χ3v) is 5.76. The molecule has 31 heavy (non-hydrogen) atoms. The second kappa shape index (κ2) is 7.99. The Labute approximate surface area is 181 Å². The van der Waals surface area contributed by atoms with Gasteiger partial charge in [-0.15, -0.1) is 5.10 Å². The van der Waals surface area contributed by atoms with Gasteiger partial charge in [0.1, 0.15) is 0 Å². The van der Waals surface area contributed by atoms with Gasteiger partial charge in [-0.1, -0.05) is 29.8 Å². The second-order valence-electron chi connectivity index (χ2n) is 6.71. The monoisotopic (exact) mass is 457 g/mol. The van der Waals surface area contributed by atoms with Crippen LogP contribution in [0.5, 0.6) is 0 Å². The predicted octanol–water partition coefficient (Wildman–Crippen LogP) is 2.10. The number of carbonyl (C=O) groups excluding carboxylic acids is 1. The van der Waals surface area contributed by atoms with Crippen molar-refractivity contribution in [2.24, 2.45) is 5.14 Å². The quantitative estimate of drug-likeness (QED) is 0.474. The lowest BCUT2D eigenvalue weighted by molar-refractivity contribution is 0.102. The molecule has 0 saturated carbocycles. The molecule has 0 aliphatic carbocycles. The van der Waals surface area contributed by atoms with Crippen LogP contribution in [0.15, 0.2) is 76.6 Å². The van der Waals surface area contributed by atoms with E-state index in [4.69, 9.17) is 16.7 Å². The molecule has 0 radical (unpaired) electrons. The number of hydrogen-bond donors (Lipinski definition) is 2. The molecule has 3 N–H and O–H groups in total. The van der Waals surface area contributed by atoms with Crippen molar-refractivity contribution in [1.82, 2.24) is 14.2 Å². The van der Waals surface area contributed by atoms with Crippen LogP contribution in [-0.4, -0.2) is 28.5 Å². The number of pyridine rings is 1. The molecule has 0 spiro atoms. The summed E-state index contributed by atoms with van der Waals surface area (Å²) in [5.74, 6) is -0.599. The van der Waals surface area contributed by atoms with Gasteiger partial charge in [0.2, 0.25) is 10.0 Å². The van der Waals surface area contributed by atoms with Crippen molar-refractivity contribution in [1.29, 1.82) is 0 Å². The molecule has 4 rings (SSSR count). The lowest BCUT2D eigenvalue weighted by Crippen LogP contribution is -2.21. The van der Waals surface area contributed by atoms with Crippen LogP contribution in [0.2, 0.25) is 5.02 Å². The van der Waals surface area contributed by atoms with E-state index in [2.05, 4.69) is 10.4 Å². The smallest absolute Gasteiger partial charge is 0.322 e. The summed E-state index contributed by atoms with van der Waals surface area (Å²) < 4.78 is 25.9.